The third kappa shape index (κ3) is 7.99. The van der Waals surface area contributed by atoms with Crippen molar-refractivity contribution in [2.75, 3.05) is 50.5 Å². The van der Waals surface area contributed by atoms with Crippen LogP contribution in [0.1, 0.15) is 51.4 Å². The van der Waals surface area contributed by atoms with Crippen molar-refractivity contribution in [1.82, 2.24) is 10.2 Å². The van der Waals surface area contributed by atoms with Crippen LogP contribution in [0, 0.1) is 5.41 Å². The summed E-state index contributed by atoms with van der Waals surface area (Å²) >= 11 is 0. The lowest BCUT2D eigenvalue weighted by atomic mass is 9.92. The summed E-state index contributed by atoms with van der Waals surface area (Å²) in [5, 5.41) is 5.90. The molecule has 6 nitrogen and oxygen atoms in total. The van der Waals surface area contributed by atoms with Crippen LogP contribution in [0.15, 0.2) is 18.2 Å². The van der Waals surface area contributed by atoms with Crippen LogP contribution in [0.5, 0.6) is 0 Å². The molecule has 0 saturated carbocycles. The SMILES string of the molecule is CCN(CC)CCNC(=O)c1cc(NC(=O)CC(C)(C)C)ccc1N(C)C. The van der Waals surface area contributed by atoms with Gasteiger partial charge < -0.3 is 20.4 Å². The molecule has 0 spiro atoms. The van der Waals surface area contributed by atoms with Gasteiger partial charge in [0.05, 0.1) is 5.56 Å². The molecule has 0 aliphatic rings. The first-order chi connectivity index (χ1) is 12.6. The van der Waals surface area contributed by atoms with Crippen LogP contribution in [-0.2, 0) is 4.79 Å². The Hall–Kier alpha value is -2.08. The number of carbonyl (C=O) groups is 2. The number of carbonyl (C=O) groups excluding carboxylic acids is 2. The minimum absolute atomic E-state index is 0.0482. The third-order valence-electron chi connectivity index (χ3n) is 4.31. The molecular formula is C21H36N4O2. The standard InChI is InChI=1S/C21H36N4O2/c1-8-25(9-2)13-12-22-20(27)17-14-16(10-11-18(17)24(6)7)23-19(26)15-21(3,4)5/h10-11,14H,8-9,12-13,15H2,1-7H3,(H,22,27)(H,23,26). The molecule has 6 heteroatoms. The van der Waals surface area contributed by atoms with E-state index < -0.39 is 0 Å². The van der Waals surface area contributed by atoms with Gasteiger partial charge in [-0.05, 0) is 36.7 Å². The van der Waals surface area contributed by atoms with Gasteiger partial charge in [-0.1, -0.05) is 34.6 Å². The molecule has 0 radical (unpaired) electrons. The molecule has 0 saturated heterocycles. The summed E-state index contributed by atoms with van der Waals surface area (Å²) in [5.41, 5.74) is 1.94. The summed E-state index contributed by atoms with van der Waals surface area (Å²) < 4.78 is 0. The van der Waals surface area contributed by atoms with E-state index in [2.05, 4.69) is 29.4 Å². The fourth-order valence-electron chi connectivity index (χ4n) is 2.84. The fraction of sp³-hybridized carbons (Fsp3) is 0.619. The number of hydrogen-bond donors (Lipinski definition) is 2. The maximum atomic E-state index is 12.7. The van der Waals surface area contributed by atoms with Crippen LogP contribution in [0.4, 0.5) is 11.4 Å². The predicted molar refractivity (Wildman–Crippen MR) is 114 cm³/mol. The normalized spacial score (nSPS) is 11.4. The second-order valence-electron chi connectivity index (χ2n) is 8.19. The maximum absolute atomic E-state index is 12.7. The van der Waals surface area contributed by atoms with Gasteiger partial charge in [-0.3, -0.25) is 9.59 Å². The van der Waals surface area contributed by atoms with Crippen LogP contribution in [0.2, 0.25) is 0 Å². The van der Waals surface area contributed by atoms with Gasteiger partial charge >= 0.3 is 0 Å². The molecule has 0 atom stereocenters. The number of anilines is 2. The van der Waals surface area contributed by atoms with Crippen molar-refractivity contribution < 1.29 is 9.59 Å². The highest BCUT2D eigenvalue weighted by atomic mass is 16.2. The average Bonchev–Trinajstić information content (AvgIpc) is 2.56. The molecule has 1 aromatic carbocycles. The van der Waals surface area contributed by atoms with E-state index in [1.54, 1.807) is 6.07 Å². The number of rotatable bonds is 9. The molecule has 2 amide bonds. The minimum Gasteiger partial charge on any atom is -0.377 e. The zero-order valence-electron chi connectivity index (χ0n) is 18.0. The first-order valence-electron chi connectivity index (χ1n) is 9.69. The largest absolute Gasteiger partial charge is 0.377 e. The van der Waals surface area contributed by atoms with Crippen LogP contribution in [0.25, 0.3) is 0 Å². The smallest absolute Gasteiger partial charge is 0.253 e. The van der Waals surface area contributed by atoms with E-state index in [9.17, 15) is 9.59 Å². The summed E-state index contributed by atoms with van der Waals surface area (Å²) in [6, 6.07) is 5.46. The highest BCUT2D eigenvalue weighted by molar-refractivity contribution is 6.02. The van der Waals surface area contributed by atoms with E-state index in [1.807, 2.05) is 51.9 Å². The third-order valence-corrected chi connectivity index (χ3v) is 4.31. The Morgan fingerprint density at radius 1 is 1.07 bits per heavy atom. The van der Waals surface area contributed by atoms with Crippen molar-refractivity contribution in [3.8, 4) is 0 Å². The molecule has 0 aliphatic carbocycles. The van der Waals surface area contributed by atoms with Crippen molar-refractivity contribution in [2.45, 2.75) is 41.0 Å². The molecule has 0 bridgehead atoms. The van der Waals surface area contributed by atoms with Crippen molar-refractivity contribution >= 4 is 23.2 Å². The number of nitrogens with zero attached hydrogens (tertiary/aromatic N) is 2. The second kappa shape index (κ2) is 10.3. The molecule has 1 rings (SSSR count). The lowest BCUT2D eigenvalue weighted by Gasteiger charge is -2.21. The van der Waals surface area contributed by atoms with E-state index in [1.165, 1.54) is 0 Å². The van der Waals surface area contributed by atoms with E-state index >= 15 is 0 Å². The molecule has 2 N–H and O–H groups in total. The Bertz CT molecular complexity index is 632. The minimum atomic E-state index is -0.127. The maximum Gasteiger partial charge on any atom is 0.253 e. The number of likely N-dealkylation sites (N-methyl/N-ethyl adjacent to an activating group) is 1. The molecule has 0 unspecified atom stereocenters. The number of benzene rings is 1. The van der Waals surface area contributed by atoms with Gasteiger partial charge in [0, 0.05) is 45.0 Å². The molecule has 1 aromatic rings. The van der Waals surface area contributed by atoms with E-state index in [-0.39, 0.29) is 17.2 Å². The van der Waals surface area contributed by atoms with Gasteiger partial charge in [-0.15, -0.1) is 0 Å². The Balaban J connectivity index is 2.89. The topological polar surface area (TPSA) is 64.7 Å². The summed E-state index contributed by atoms with van der Waals surface area (Å²) in [7, 11) is 3.81. The first-order valence-corrected chi connectivity index (χ1v) is 9.69. The molecule has 27 heavy (non-hydrogen) atoms. The highest BCUT2D eigenvalue weighted by Gasteiger charge is 2.18. The monoisotopic (exact) mass is 376 g/mol. The van der Waals surface area contributed by atoms with Crippen molar-refractivity contribution in [2.24, 2.45) is 5.41 Å². The number of hydrogen-bond acceptors (Lipinski definition) is 4. The molecule has 0 fully saturated rings. The number of amides is 2. The molecule has 0 aromatic heterocycles. The Morgan fingerprint density at radius 2 is 1.70 bits per heavy atom. The number of nitrogens with one attached hydrogen (secondary N) is 2. The highest BCUT2D eigenvalue weighted by Crippen LogP contribution is 2.24. The average molecular weight is 377 g/mol. The fourth-order valence-corrected chi connectivity index (χ4v) is 2.84. The lowest BCUT2D eigenvalue weighted by Crippen LogP contribution is -2.35. The molecule has 152 valence electrons. The molecular weight excluding hydrogens is 340 g/mol. The van der Waals surface area contributed by atoms with Gasteiger partial charge in [0.1, 0.15) is 0 Å². The van der Waals surface area contributed by atoms with E-state index in [4.69, 9.17) is 0 Å². The summed E-state index contributed by atoms with van der Waals surface area (Å²) in [4.78, 5) is 29.1. The lowest BCUT2D eigenvalue weighted by molar-refractivity contribution is -0.117. The van der Waals surface area contributed by atoms with Crippen LogP contribution in [0.3, 0.4) is 0 Å². The van der Waals surface area contributed by atoms with Gasteiger partial charge in [-0.25, -0.2) is 0 Å². The van der Waals surface area contributed by atoms with Crippen LogP contribution >= 0.6 is 0 Å². The quantitative estimate of drug-likeness (QED) is 0.695. The second-order valence-corrected chi connectivity index (χ2v) is 8.19. The van der Waals surface area contributed by atoms with Crippen molar-refractivity contribution in [1.29, 1.82) is 0 Å². The first kappa shape index (κ1) is 23.0. The summed E-state index contributed by atoms with van der Waals surface area (Å²) in [5.74, 6) is -0.175. The predicted octanol–water partition coefficient (Wildman–Crippen LogP) is 3.20. The van der Waals surface area contributed by atoms with Gasteiger partial charge in [0.15, 0.2) is 0 Å². The van der Waals surface area contributed by atoms with Gasteiger partial charge in [0.2, 0.25) is 5.91 Å². The van der Waals surface area contributed by atoms with E-state index in [0.717, 1.165) is 25.3 Å². The van der Waals surface area contributed by atoms with Crippen molar-refractivity contribution in [3.63, 3.8) is 0 Å². The van der Waals surface area contributed by atoms with E-state index in [0.29, 0.717) is 24.2 Å². The molecule has 0 heterocycles. The Labute approximate surface area is 164 Å². The molecule has 0 aliphatic heterocycles. The Kier molecular flexibility index (Phi) is 8.76. The zero-order chi connectivity index (χ0) is 20.6. The van der Waals surface area contributed by atoms with Gasteiger partial charge in [0.25, 0.3) is 5.91 Å². The van der Waals surface area contributed by atoms with Gasteiger partial charge in [-0.2, -0.15) is 0 Å². The Morgan fingerprint density at radius 3 is 2.22 bits per heavy atom. The summed E-state index contributed by atoms with van der Waals surface area (Å²) in [6.07, 6.45) is 0.424. The zero-order valence-corrected chi connectivity index (χ0v) is 18.0. The van der Waals surface area contributed by atoms with Crippen molar-refractivity contribution in [3.05, 3.63) is 23.8 Å². The summed E-state index contributed by atoms with van der Waals surface area (Å²) in [6.45, 7) is 13.6. The van der Waals surface area contributed by atoms with Crippen LogP contribution in [-0.4, -0.2) is 57.0 Å². The van der Waals surface area contributed by atoms with Crippen LogP contribution < -0.4 is 15.5 Å².